The lowest BCUT2D eigenvalue weighted by atomic mass is 9.93. The molecule has 119 valence electrons. The zero-order valence-corrected chi connectivity index (χ0v) is 13.4. The molecule has 1 amide bonds. The molecule has 3 nitrogen and oxygen atoms in total. The van der Waals surface area contributed by atoms with Crippen molar-refractivity contribution in [2.45, 2.75) is 0 Å². The molecule has 0 fully saturated rings. The van der Waals surface area contributed by atoms with E-state index < -0.39 is 5.91 Å². The number of H-pyrrole nitrogens is 1. The number of nitrogens with one attached hydrogen (secondary N) is 1. The van der Waals surface area contributed by atoms with Gasteiger partial charge in [-0.05, 0) is 40.5 Å². The monoisotopic (exact) mass is 323 g/mol. The summed E-state index contributed by atoms with van der Waals surface area (Å²) in [5, 5.41) is 1.17. The highest BCUT2D eigenvalue weighted by Crippen LogP contribution is 2.45. The normalized spacial score (nSPS) is 12.2. The fraction of sp³-hybridized carbons (Fsp3) is 0. The predicted molar refractivity (Wildman–Crippen MR) is 100 cm³/mol. The van der Waals surface area contributed by atoms with Crippen molar-refractivity contribution in [3.8, 4) is 22.4 Å². The highest BCUT2D eigenvalue weighted by atomic mass is 16.1. The number of para-hydroxylation sites is 1. The fourth-order valence-electron chi connectivity index (χ4n) is 3.72. The van der Waals surface area contributed by atoms with E-state index in [-0.39, 0.29) is 0 Å². The summed E-state index contributed by atoms with van der Waals surface area (Å²) in [6, 6.07) is 22.4. The minimum atomic E-state index is -0.400. The number of aromatic nitrogens is 1. The lowest BCUT2D eigenvalue weighted by Crippen LogP contribution is -2.13. The number of hydrogen-bond donors (Lipinski definition) is 2. The predicted octanol–water partition coefficient (Wildman–Crippen LogP) is 4.51. The number of carbonyl (C=O) groups excluding carboxylic acids is 1. The molecule has 1 radical (unpaired) electrons. The number of benzene rings is 3. The van der Waals surface area contributed by atoms with Crippen LogP contribution in [0.1, 0.15) is 21.5 Å². The van der Waals surface area contributed by atoms with E-state index >= 15 is 0 Å². The Bertz CT molecular complexity index is 1120. The summed E-state index contributed by atoms with van der Waals surface area (Å²) in [6.07, 6.45) is 2.05. The second-order valence-electron chi connectivity index (χ2n) is 6.32. The third-order valence-electron chi connectivity index (χ3n) is 4.86. The molecule has 0 unspecified atom stereocenters. The van der Waals surface area contributed by atoms with Gasteiger partial charge < -0.3 is 10.7 Å². The van der Waals surface area contributed by atoms with Crippen molar-refractivity contribution in [2.24, 2.45) is 5.73 Å². The van der Waals surface area contributed by atoms with Crippen molar-refractivity contribution in [3.05, 3.63) is 89.8 Å². The fourth-order valence-corrected chi connectivity index (χ4v) is 3.72. The van der Waals surface area contributed by atoms with Crippen LogP contribution in [0, 0.1) is 6.42 Å². The Kier molecular flexibility index (Phi) is 2.86. The first-order valence-corrected chi connectivity index (χ1v) is 8.21. The molecule has 1 aromatic heterocycles. The van der Waals surface area contributed by atoms with E-state index in [2.05, 4.69) is 41.7 Å². The largest absolute Gasteiger partial charge is 0.366 e. The van der Waals surface area contributed by atoms with Gasteiger partial charge in [-0.3, -0.25) is 4.79 Å². The summed E-state index contributed by atoms with van der Waals surface area (Å²) in [4.78, 5) is 15.4. The summed E-state index contributed by atoms with van der Waals surface area (Å²) < 4.78 is 0. The molecule has 1 heterocycles. The van der Waals surface area contributed by atoms with Crippen molar-refractivity contribution >= 4 is 16.8 Å². The lowest BCUT2D eigenvalue weighted by molar-refractivity contribution is 0.1000. The smallest absolute Gasteiger partial charge is 0.249 e. The van der Waals surface area contributed by atoms with Gasteiger partial charge in [-0.2, -0.15) is 0 Å². The zero-order chi connectivity index (χ0) is 17.0. The first-order chi connectivity index (χ1) is 12.2. The molecule has 1 aliphatic carbocycles. The van der Waals surface area contributed by atoms with Gasteiger partial charge in [-0.25, -0.2) is 0 Å². The lowest BCUT2D eigenvalue weighted by Gasteiger charge is -2.11. The van der Waals surface area contributed by atoms with E-state index in [1.165, 1.54) is 5.39 Å². The Morgan fingerprint density at radius 1 is 0.880 bits per heavy atom. The van der Waals surface area contributed by atoms with Crippen LogP contribution < -0.4 is 5.73 Å². The quantitative estimate of drug-likeness (QED) is 0.493. The van der Waals surface area contributed by atoms with E-state index in [9.17, 15) is 4.79 Å². The first-order valence-electron chi connectivity index (χ1n) is 8.21. The number of aromatic amines is 1. The Hall–Kier alpha value is -3.33. The molecule has 4 aromatic rings. The van der Waals surface area contributed by atoms with E-state index in [4.69, 9.17) is 5.73 Å². The van der Waals surface area contributed by atoms with Gasteiger partial charge >= 0.3 is 0 Å². The molecule has 0 bridgehead atoms. The van der Waals surface area contributed by atoms with Crippen LogP contribution >= 0.6 is 0 Å². The molecule has 3 heteroatoms. The van der Waals surface area contributed by atoms with Crippen LogP contribution in [0.15, 0.2) is 66.7 Å². The SMILES string of the molecule is NC(=O)c1ccc(-c2cc3ccccc3[nH]2)c2c1[CH]c1ccccc1-2. The van der Waals surface area contributed by atoms with Crippen LogP contribution in [-0.4, -0.2) is 10.9 Å². The van der Waals surface area contributed by atoms with Crippen molar-refractivity contribution in [2.75, 3.05) is 0 Å². The van der Waals surface area contributed by atoms with Gasteiger partial charge in [0.25, 0.3) is 0 Å². The third-order valence-corrected chi connectivity index (χ3v) is 4.86. The van der Waals surface area contributed by atoms with Crippen LogP contribution in [0.2, 0.25) is 0 Å². The average Bonchev–Trinajstić information content (AvgIpc) is 3.22. The van der Waals surface area contributed by atoms with Crippen molar-refractivity contribution < 1.29 is 4.79 Å². The molecule has 3 N–H and O–H groups in total. The minimum Gasteiger partial charge on any atom is -0.366 e. The van der Waals surface area contributed by atoms with Gasteiger partial charge in [0.15, 0.2) is 0 Å². The topological polar surface area (TPSA) is 58.9 Å². The van der Waals surface area contributed by atoms with Crippen LogP contribution in [0.3, 0.4) is 0 Å². The molecular formula is C22H15N2O. The summed E-state index contributed by atoms with van der Waals surface area (Å²) >= 11 is 0. The van der Waals surface area contributed by atoms with Gasteiger partial charge in [0.2, 0.25) is 5.91 Å². The number of carbonyl (C=O) groups is 1. The van der Waals surface area contributed by atoms with Gasteiger partial charge in [-0.1, -0.05) is 48.5 Å². The number of rotatable bonds is 2. The van der Waals surface area contributed by atoms with E-state index in [0.717, 1.165) is 39.0 Å². The molecule has 0 atom stereocenters. The number of hydrogen-bond acceptors (Lipinski definition) is 1. The first kappa shape index (κ1) is 14.1. The van der Waals surface area contributed by atoms with Crippen molar-refractivity contribution in [3.63, 3.8) is 0 Å². The third kappa shape index (κ3) is 2.02. The minimum absolute atomic E-state index is 0.400. The molecule has 1 aliphatic rings. The molecular weight excluding hydrogens is 308 g/mol. The maximum atomic E-state index is 11.9. The Labute approximate surface area is 145 Å². The van der Waals surface area contributed by atoms with Crippen LogP contribution in [-0.2, 0) is 0 Å². The van der Waals surface area contributed by atoms with Crippen molar-refractivity contribution in [1.29, 1.82) is 0 Å². The highest BCUT2D eigenvalue weighted by Gasteiger charge is 2.26. The average molecular weight is 323 g/mol. The van der Waals surface area contributed by atoms with Crippen LogP contribution in [0.5, 0.6) is 0 Å². The van der Waals surface area contributed by atoms with E-state index in [0.29, 0.717) is 5.56 Å². The highest BCUT2D eigenvalue weighted by molar-refractivity contribution is 6.03. The number of nitrogens with two attached hydrogens (primary N) is 1. The van der Waals surface area contributed by atoms with Gasteiger partial charge in [0, 0.05) is 34.1 Å². The molecule has 0 aliphatic heterocycles. The van der Waals surface area contributed by atoms with E-state index in [1.807, 2.05) is 36.4 Å². The Morgan fingerprint density at radius 3 is 2.52 bits per heavy atom. The van der Waals surface area contributed by atoms with Gasteiger partial charge in [0.1, 0.15) is 0 Å². The second-order valence-corrected chi connectivity index (χ2v) is 6.32. The molecule has 3 aromatic carbocycles. The number of amides is 1. The van der Waals surface area contributed by atoms with Crippen LogP contribution in [0.25, 0.3) is 33.3 Å². The summed E-state index contributed by atoms with van der Waals surface area (Å²) in [5.74, 6) is -0.400. The van der Waals surface area contributed by atoms with Crippen molar-refractivity contribution in [1.82, 2.24) is 4.98 Å². The summed E-state index contributed by atoms with van der Waals surface area (Å²) in [7, 11) is 0. The Balaban J connectivity index is 1.82. The summed E-state index contributed by atoms with van der Waals surface area (Å²) in [6.45, 7) is 0. The number of primary amides is 1. The maximum Gasteiger partial charge on any atom is 0.249 e. The zero-order valence-electron chi connectivity index (χ0n) is 13.4. The number of fused-ring (bicyclic) bond motifs is 4. The maximum absolute atomic E-state index is 11.9. The standard InChI is InChI=1S/C22H15N2O/c23-22(25)16-9-10-17(20-12-14-6-2-4-8-19(14)24-20)21-15-7-3-1-5-13(15)11-18(16)21/h1-12,24H,(H2,23,25). The van der Waals surface area contributed by atoms with Gasteiger partial charge in [-0.15, -0.1) is 0 Å². The molecule has 5 rings (SSSR count). The molecule has 0 saturated heterocycles. The second kappa shape index (κ2) is 5.08. The molecule has 0 spiro atoms. The van der Waals surface area contributed by atoms with E-state index in [1.54, 1.807) is 0 Å². The molecule has 25 heavy (non-hydrogen) atoms. The summed E-state index contributed by atoms with van der Waals surface area (Å²) in [5.41, 5.74) is 13.6. The van der Waals surface area contributed by atoms with Crippen LogP contribution in [0.4, 0.5) is 0 Å². The van der Waals surface area contributed by atoms with Gasteiger partial charge in [0.05, 0.1) is 0 Å². The Morgan fingerprint density at radius 2 is 1.68 bits per heavy atom. The molecule has 0 saturated carbocycles.